The molecule has 35 heavy (non-hydrogen) atoms. The molecule has 6 nitrogen and oxygen atoms in total. The molecule has 0 atom stereocenters. The van der Waals surface area contributed by atoms with Crippen LogP contribution in [0.5, 0.6) is 0 Å². The summed E-state index contributed by atoms with van der Waals surface area (Å²) >= 11 is 0. The molecule has 0 unspecified atom stereocenters. The van der Waals surface area contributed by atoms with Crippen molar-refractivity contribution in [1.82, 2.24) is 15.0 Å². The largest absolute Gasteiger partial charge is 0.355 e. The van der Waals surface area contributed by atoms with E-state index in [4.69, 9.17) is 0 Å². The van der Waals surface area contributed by atoms with E-state index in [1.807, 2.05) is 72.8 Å². The van der Waals surface area contributed by atoms with E-state index >= 15 is 0 Å². The lowest BCUT2D eigenvalue weighted by Gasteiger charge is -2.10. The summed E-state index contributed by atoms with van der Waals surface area (Å²) in [7, 11) is -3.58. The molecule has 1 amide bonds. The predicted octanol–water partition coefficient (Wildman–Crippen LogP) is 5.35. The number of carbonyl (C=O) groups is 1. The van der Waals surface area contributed by atoms with Crippen LogP contribution in [0.15, 0.2) is 89.8 Å². The van der Waals surface area contributed by atoms with Crippen LogP contribution in [0.4, 0.5) is 0 Å². The number of para-hydroxylation sites is 1. The molecule has 0 aliphatic rings. The van der Waals surface area contributed by atoms with Gasteiger partial charge in [0.25, 0.3) is 5.91 Å². The lowest BCUT2D eigenvalue weighted by molar-refractivity contribution is 0.0953. The van der Waals surface area contributed by atoms with Gasteiger partial charge < -0.3 is 10.3 Å². The van der Waals surface area contributed by atoms with Crippen molar-refractivity contribution in [2.24, 2.45) is 0 Å². The predicted molar refractivity (Wildman–Crippen MR) is 141 cm³/mol. The SMILES string of the molecule is O=C(NCCCCCNS(=O)(=O)c1cccc2ccccc12)c1ccc2[nH]c3ccccc3c2c1. The van der Waals surface area contributed by atoms with Gasteiger partial charge in [0.1, 0.15) is 0 Å². The maximum absolute atomic E-state index is 12.8. The Balaban J connectivity index is 1.09. The lowest BCUT2D eigenvalue weighted by atomic mass is 10.1. The van der Waals surface area contributed by atoms with E-state index in [9.17, 15) is 13.2 Å². The van der Waals surface area contributed by atoms with E-state index in [1.54, 1.807) is 12.1 Å². The molecule has 0 fully saturated rings. The van der Waals surface area contributed by atoms with Gasteiger partial charge in [-0.05, 0) is 48.6 Å². The second-order valence-electron chi connectivity index (χ2n) is 8.62. The first kappa shape index (κ1) is 23.1. The van der Waals surface area contributed by atoms with Gasteiger partial charge in [-0.3, -0.25) is 4.79 Å². The molecule has 1 aromatic heterocycles. The minimum Gasteiger partial charge on any atom is -0.355 e. The molecule has 0 radical (unpaired) electrons. The van der Waals surface area contributed by atoms with Gasteiger partial charge in [-0.2, -0.15) is 0 Å². The van der Waals surface area contributed by atoms with Gasteiger partial charge in [0.05, 0.1) is 4.90 Å². The number of H-pyrrole nitrogens is 1. The Hall–Kier alpha value is -3.68. The molecule has 178 valence electrons. The second-order valence-corrected chi connectivity index (χ2v) is 10.4. The van der Waals surface area contributed by atoms with Crippen molar-refractivity contribution in [3.8, 4) is 0 Å². The summed E-state index contributed by atoms with van der Waals surface area (Å²) < 4.78 is 28.2. The zero-order chi connectivity index (χ0) is 24.3. The molecule has 1 heterocycles. The molecule has 7 heteroatoms. The Bertz CT molecular complexity index is 1620. The standard InChI is InChI=1S/C28H27N3O3S/c32-28(21-15-16-26-24(19-21)23-12-4-5-13-25(23)31-26)29-17-6-1-7-18-30-35(33,34)27-14-8-10-20-9-2-3-11-22(20)27/h2-5,8-16,19,30-31H,1,6-7,17-18H2,(H,29,32). The monoisotopic (exact) mass is 485 g/mol. The summed E-state index contributed by atoms with van der Waals surface area (Å²) in [6.45, 7) is 0.900. The number of unbranched alkanes of at least 4 members (excludes halogenated alkanes) is 2. The molecule has 4 aromatic carbocycles. The second kappa shape index (κ2) is 9.90. The smallest absolute Gasteiger partial charge is 0.251 e. The number of benzene rings is 4. The third kappa shape index (κ3) is 4.92. The van der Waals surface area contributed by atoms with Crippen LogP contribution in [-0.2, 0) is 10.0 Å². The number of sulfonamides is 1. The highest BCUT2D eigenvalue weighted by Gasteiger charge is 2.16. The molecule has 3 N–H and O–H groups in total. The Labute approximate surface area is 204 Å². The Morgan fingerprint density at radius 1 is 0.714 bits per heavy atom. The Morgan fingerprint density at radius 2 is 1.43 bits per heavy atom. The summed E-state index contributed by atoms with van der Waals surface area (Å²) in [6.07, 6.45) is 2.28. The number of aromatic amines is 1. The van der Waals surface area contributed by atoms with Crippen molar-refractivity contribution in [2.45, 2.75) is 24.2 Å². The maximum Gasteiger partial charge on any atom is 0.251 e. The quantitative estimate of drug-likeness (QED) is 0.246. The van der Waals surface area contributed by atoms with Crippen LogP contribution in [0.1, 0.15) is 29.6 Å². The highest BCUT2D eigenvalue weighted by Crippen LogP contribution is 2.26. The van der Waals surface area contributed by atoms with Gasteiger partial charge in [-0.25, -0.2) is 13.1 Å². The van der Waals surface area contributed by atoms with E-state index in [-0.39, 0.29) is 5.91 Å². The first-order chi connectivity index (χ1) is 17.0. The number of hydrogen-bond donors (Lipinski definition) is 3. The highest BCUT2D eigenvalue weighted by atomic mass is 32.2. The van der Waals surface area contributed by atoms with E-state index in [1.165, 1.54) is 0 Å². The molecule has 0 aliphatic carbocycles. The first-order valence-electron chi connectivity index (χ1n) is 11.8. The summed E-state index contributed by atoms with van der Waals surface area (Å²) in [5.74, 6) is -0.103. The van der Waals surface area contributed by atoms with Crippen LogP contribution in [-0.4, -0.2) is 32.4 Å². The van der Waals surface area contributed by atoms with Crippen molar-refractivity contribution in [1.29, 1.82) is 0 Å². The van der Waals surface area contributed by atoms with Crippen molar-refractivity contribution in [2.75, 3.05) is 13.1 Å². The van der Waals surface area contributed by atoms with Crippen LogP contribution < -0.4 is 10.0 Å². The first-order valence-corrected chi connectivity index (χ1v) is 13.3. The molecule has 0 saturated heterocycles. The van der Waals surface area contributed by atoms with Crippen LogP contribution in [0.2, 0.25) is 0 Å². The fourth-order valence-electron chi connectivity index (χ4n) is 4.43. The summed E-state index contributed by atoms with van der Waals surface area (Å²) in [5.41, 5.74) is 2.69. The van der Waals surface area contributed by atoms with Gasteiger partial charge in [0.15, 0.2) is 0 Å². The van der Waals surface area contributed by atoms with Crippen LogP contribution in [0, 0.1) is 0 Å². The lowest BCUT2D eigenvalue weighted by Crippen LogP contribution is -2.26. The van der Waals surface area contributed by atoms with Crippen molar-refractivity contribution < 1.29 is 13.2 Å². The van der Waals surface area contributed by atoms with Crippen molar-refractivity contribution in [3.63, 3.8) is 0 Å². The molecule has 5 aromatic rings. The molecule has 0 spiro atoms. The van der Waals surface area contributed by atoms with Crippen LogP contribution >= 0.6 is 0 Å². The molecule has 0 aliphatic heterocycles. The zero-order valence-electron chi connectivity index (χ0n) is 19.3. The summed E-state index contributed by atoms with van der Waals surface area (Å²) in [6, 6.07) is 26.5. The normalized spacial score (nSPS) is 11.9. The van der Waals surface area contributed by atoms with E-state index in [0.717, 1.165) is 45.4 Å². The number of nitrogens with one attached hydrogen (secondary N) is 3. The number of aromatic nitrogens is 1. The molecule has 0 bridgehead atoms. The Morgan fingerprint density at radius 3 is 2.31 bits per heavy atom. The van der Waals surface area contributed by atoms with Crippen molar-refractivity contribution >= 4 is 48.5 Å². The van der Waals surface area contributed by atoms with E-state index in [0.29, 0.717) is 30.0 Å². The molecular weight excluding hydrogens is 458 g/mol. The Kier molecular flexibility index (Phi) is 6.53. The van der Waals surface area contributed by atoms with Crippen LogP contribution in [0.25, 0.3) is 32.6 Å². The number of fused-ring (bicyclic) bond motifs is 4. The molecule has 5 rings (SSSR count). The fraction of sp³-hybridized carbons (Fsp3) is 0.179. The minimum atomic E-state index is -3.58. The highest BCUT2D eigenvalue weighted by molar-refractivity contribution is 7.89. The minimum absolute atomic E-state index is 0.103. The van der Waals surface area contributed by atoms with E-state index < -0.39 is 10.0 Å². The zero-order valence-corrected chi connectivity index (χ0v) is 20.1. The van der Waals surface area contributed by atoms with Gasteiger partial charge in [0.2, 0.25) is 10.0 Å². The number of amides is 1. The number of rotatable bonds is 9. The third-order valence-electron chi connectivity index (χ3n) is 6.24. The fourth-order valence-corrected chi connectivity index (χ4v) is 5.74. The summed E-state index contributed by atoms with van der Waals surface area (Å²) in [5, 5.41) is 6.72. The average Bonchev–Trinajstić information content (AvgIpc) is 3.25. The summed E-state index contributed by atoms with van der Waals surface area (Å²) in [4.78, 5) is 16.3. The van der Waals surface area contributed by atoms with Gasteiger partial charge >= 0.3 is 0 Å². The average molecular weight is 486 g/mol. The topological polar surface area (TPSA) is 91.1 Å². The number of hydrogen-bond acceptors (Lipinski definition) is 3. The van der Waals surface area contributed by atoms with Gasteiger partial charge in [-0.15, -0.1) is 0 Å². The van der Waals surface area contributed by atoms with Crippen molar-refractivity contribution in [3.05, 3.63) is 90.5 Å². The van der Waals surface area contributed by atoms with E-state index in [2.05, 4.69) is 15.0 Å². The van der Waals surface area contributed by atoms with Crippen LogP contribution in [0.3, 0.4) is 0 Å². The molecular formula is C28H27N3O3S. The van der Waals surface area contributed by atoms with Gasteiger partial charge in [-0.1, -0.05) is 61.0 Å². The molecule has 0 saturated carbocycles. The van der Waals surface area contributed by atoms with Gasteiger partial charge in [0, 0.05) is 45.8 Å². The number of carbonyl (C=O) groups excluding carboxylic acids is 1. The third-order valence-corrected chi connectivity index (χ3v) is 7.76. The maximum atomic E-state index is 12.8.